The molecule has 1 atom stereocenters. The van der Waals surface area contributed by atoms with Gasteiger partial charge in [0.25, 0.3) is 0 Å². The van der Waals surface area contributed by atoms with Crippen LogP contribution in [0.2, 0.25) is 0 Å². The molecule has 2 fully saturated rings. The van der Waals surface area contributed by atoms with E-state index in [9.17, 15) is 0 Å². The van der Waals surface area contributed by atoms with Crippen LogP contribution in [0, 0.1) is 6.92 Å². The lowest BCUT2D eigenvalue weighted by atomic mass is 10.2. The van der Waals surface area contributed by atoms with Crippen molar-refractivity contribution in [2.75, 3.05) is 53.0 Å². The first-order valence-corrected chi connectivity index (χ1v) is 10.3. The van der Waals surface area contributed by atoms with Crippen LogP contribution in [-0.4, -0.2) is 79.8 Å². The maximum absolute atomic E-state index is 5.47. The Kier molecular flexibility index (Phi) is 6.67. The quantitative estimate of drug-likeness (QED) is 0.634. The first-order chi connectivity index (χ1) is 12.2. The molecule has 1 unspecified atom stereocenters. The minimum atomic E-state index is 0.635. The molecule has 1 N–H and O–H groups in total. The summed E-state index contributed by atoms with van der Waals surface area (Å²) in [6.07, 6.45) is 3.20. The molecule has 25 heavy (non-hydrogen) atoms. The maximum Gasteiger partial charge on any atom is 0.193 e. The molecule has 2 saturated heterocycles. The Morgan fingerprint density at radius 2 is 2.16 bits per heavy atom. The molecule has 2 aliphatic heterocycles. The van der Waals surface area contributed by atoms with E-state index in [0.29, 0.717) is 6.04 Å². The molecule has 1 aromatic rings. The molecule has 3 heterocycles. The molecule has 3 rings (SSSR count). The van der Waals surface area contributed by atoms with Crippen LogP contribution in [0.25, 0.3) is 0 Å². The van der Waals surface area contributed by atoms with Crippen LogP contribution < -0.4 is 5.32 Å². The van der Waals surface area contributed by atoms with E-state index in [1.165, 1.54) is 22.0 Å². The molecule has 140 valence electrons. The molecule has 6 nitrogen and oxygen atoms in total. The highest BCUT2D eigenvalue weighted by Gasteiger charge is 2.30. The number of guanidine groups is 1. The fraction of sp³-hybridized carbons (Fsp3) is 0.778. The van der Waals surface area contributed by atoms with Crippen molar-refractivity contribution >= 4 is 17.3 Å². The van der Waals surface area contributed by atoms with Crippen molar-refractivity contribution in [3.8, 4) is 0 Å². The molecule has 0 spiro atoms. The van der Waals surface area contributed by atoms with Crippen molar-refractivity contribution in [2.24, 2.45) is 4.99 Å². The summed E-state index contributed by atoms with van der Waals surface area (Å²) in [5.41, 5.74) is 1.25. The predicted octanol–water partition coefficient (Wildman–Crippen LogP) is 1.54. The van der Waals surface area contributed by atoms with E-state index in [4.69, 9.17) is 9.72 Å². The molecular weight excluding hydrogens is 334 g/mol. The SMILES string of the molecule is CCc1nc(CCNC(=NC)N2CCC(N3CCOCC3)C2)sc1C. The van der Waals surface area contributed by atoms with Crippen molar-refractivity contribution in [2.45, 2.75) is 39.2 Å². The third-order valence-electron chi connectivity index (χ3n) is 5.13. The average Bonchev–Trinajstić information content (AvgIpc) is 3.26. The topological polar surface area (TPSA) is 53.0 Å². The molecule has 0 aromatic carbocycles. The number of ether oxygens (including phenoxy) is 1. The number of nitrogens with zero attached hydrogens (tertiary/aromatic N) is 4. The van der Waals surface area contributed by atoms with Gasteiger partial charge in [-0.3, -0.25) is 9.89 Å². The highest BCUT2D eigenvalue weighted by atomic mass is 32.1. The van der Waals surface area contributed by atoms with Gasteiger partial charge in [0.2, 0.25) is 0 Å². The lowest BCUT2D eigenvalue weighted by Gasteiger charge is -2.32. The van der Waals surface area contributed by atoms with Crippen molar-refractivity contribution in [3.05, 3.63) is 15.6 Å². The summed E-state index contributed by atoms with van der Waals surface area (Å²) in [6, 6.07) is 0.635. The van der Waals surface area contributed by atoms with E-state index in [0.717, 1.165) is 64.7 Å². The number of aromatic nitrogens is 1. The molecule has 0 bridgehead atoms. The van der Waals surface area contributed by atoms with Crippen LogP contribution >= 0.6 is 11.3 Å². The molecule has 0 amide bonds. The van der Waals surface area contributed by atoms with Gasteiger partial charge in [0.05, 0.1) is 23.9 Å². The van der Waals surface area contributed by atoms with Crippen LogP contribution in [0.15, 0.2) is 4.99 Å². The smallest absolute Gasteiger partial charge is 0.193 e. The summed E-state index contributed by atoms with van der Waals surface area (Å²) >= 11 is 1.83. The van der Waals surface area contributed by atoms with Gasteiger partial charge in [0.15, 0.2) is 5.96 Å². The molecule has 7 heteroatoms. The summed E-state index contributed by atoms with van der Waals surface area (Å²) in [4.78, 5) is 15.5. The Hall–Kier alpha value is -1.18. The van der Waals surface area contributed by atoms with Gasteiger partial charge in [-0.05, 0) is 19.8 Å². The number of likely N-dealkylation sites (tertiary alicyclic amines) is 1. The van der Waals surface area contributed by atoms with Gasteiger partial charge in [0, 0.05) is 57.1 Å². The second kappa shape index (κ2) is 8.96. The molecule has 0 saturated carbocycles. The Balaban J connectivity index is 1.46. The minimum absolute atomic E-state index is 0.635. The highest BCUT2D eigenvalue weighted by molar-refractivity contribution is 7.11. The number of hydrogen-bond donors (Lipinski definition) is 1. The zero-order chi connectivity index (χ0) is 17.6. The normalized spacial score (nSPS) is 22.6. The zero-order valence-electron chi connectivity index (χ0n) is 15.8. The molecule has 0 radical (unpaired) electrons. The van der Waals surface area contributed by atoms with Gasteiger partial charge in [-0.2, -0.15) is 0 Å². The van der Waals surface area contributed by atoms with E-state index < -0.39 is 0 Å². The fourth-order valence-corrected chi connectivity index (χ4v) is 4.73. The summed E-state index contributed by atoms with van der Waals surface area (Å²) in [6.45, 7) is 11.2. The maximum atomic E-state index is 5.47. The van der Waals surface area contributed by atoms with Gasteiger partial charge in [0.1, 0.15) is 0 Å². The van der Waals surface area contributed by atoms with Crippen LogP contribution in [-0.2, 0) is 17.6 Å². The Morgan fingerprint density at radius 3 is 2.84 bits per heavy atom. The van der Waals surface area contributed by atoms with Crippen molar-refractivity contribution in [3.63, 3.8) is 0 Å². The van der Waals surface area contributed by atoms with E-state index in [2.05, 4.69) is 34.0 Å². The van der Waals surface area contributed by atoms with Crippen molar-refractivity contribution in [1.29, 1.82) is 0 Å². The number of aryl methyl sites for hydroxylation is 2. The number of nitrogens with one attached hydrogen (secondary N) is 1. The van der Waals surface area contributed by atoms with Crippen LogP contribution in [0.5, 0.6) is 0 Å². The van der Waals surface area contributed by atoms with Gasteiger partial charge >= 0.3 is 0 Å². The summed E-state index contributed by atoms with van der Waals surface area (Å²) in [5.74, 6) is 1.03. The minimum Gasteiger partial charge on any atom is -0.379 e. The monoisotopic (exact) mass is 365 g/mol. The van der Waals surface area contributed by atoms with E-state index in [1.54, 1.807) is 0 Å². The van der Waals surface area contributed by atoms with Crippen LogP contribution in [0.3, 0.4) is 0 Å². The first-order valence-electron chi connectivity index (χ1n) is 9.43. The van der Waals surface area contributed by atoms with E-state index >= 15 is 0 Å². The van der Waals surface area contributed by atoms with Gasteiger partial charge in [-0.15, -0.1) is 11.3 Å². The standard InChI is InChI=1S/C18H31N5OS/c1-4-16-14(2)25-17(21-16)5-7-20-18(19-3)23-8-6-15(13-23)22-9-11-24-12-10-22/h15H,4-13H2,1-3H3,(H,19,20). The fourth-order valence-electron chi connectivity index (χ4n) is 3.71. The van der Waals surface area contributed by atoms with Crippen molar-refractivity contribution < 1.29 is 4.74 Å². The van der Waals surface area contributed by atoms with E-state index in [-0.39, 0.29) is 0 Å². The van der Waals surface area contributed by atoms with Crippen LogP contribution in [0.4, 0.5) is 0 Å². The van der Waals surface area contributed by atoms with Gasteiger partial charge in [-0.1, -0.05) is 6.92 Å². The first kappa shape index (κ1) is 18.6. The Morgan fingerprint density at radius 1 is 1.36 bits per heavy atom. The predicted molar refractivity (Wildman–Crippen MR) is 104 cm³/mol. The third kappa shape index (κ3) is 4.71. The molecule has 1 aromatic heterocycles. The lowest BCUT2D eigenvalue weighted by molar-refractivity contribution is 0.0195. The van der Waals surface area contributed by atoms with Crippen molar-refractivity contribution in [1.82, 2.24) is 20.1 Å². The zero-order valence-corrected chi connectivity index (χ0v) is 16.6. The number of hydrogen-bond acceptors (Lipinski definition) is 5. The summed E-state index contributed by atoms with van der Waals surface area (Å²) < 4.78 is 5.47. The average molecular weight is 366 g/mol. The second-order valence-electron chi connectivity index (χ2n) is 6.72. The van der Waals surface area contributed by atoms with Gasteiger partial charge in [-0.25, -0.2) is 4.98 Å². The van der Waals surface area contributed by atoms with E-state index in [1.807, 2.05) is 18.4 Å². The number of rotatable bonds is 5. The number of thiazole rings is 1. The molecule has 0 aliphatic carbocycles. The summed E-state index contributed by atoms with van der Waals surface area (Å²) in [5, 5.41) is 4.76. The third-order valence-corrected chi connectivity index (χ3v) is 6.20. The largest absolute Gasteiger partial charge is 0.379 e. The highest BCUT2D eigenvalue weighted by Crippen LogP contribution is 2.19. The van der Waals surface area contributed by atoms with Gasteiger partial charge < -0.3 is 15.0 Å². The molecule has 2 aliphatic rings. The number of morpholine rings is 1. The number of aliphatic imine (C=N–C) groups is 1. The summed E-state index contributed by atoms with van der Waals surface area (Å²) in [7, 11) is 1.88. The molecular formula is C18H31N5OS. The Labute approximate surface area is 155 Å². The second-order valence-corrected chi connectivity index (χ2v) is 8.01. The Bertz CT molecular complexity index is 582. The van der Waals surface area contributed by atoms with Crippen LogP contribution in [0.1, 0.15) is 28.9 Å². The lowest BCUT2D eigenvalue weighted by Crippen LogP contribution is -2.46.